The Kier molecular flexibility index (Phi) is 5.82. The Morgan fingerprint density at radius 1 is 1.46 bits per heavy atom. The van der Waals surface area contributed by atoms with Gasteiger partial charge in [-0.2, -0.15) is 0 Å². The second kappa shape index (κ2) is 6.38. The minimum Gasteiger partial charge on any atom is -0.468 e. The highest BCUT2D eigenvalue weighted by molar-refractivity contribution is 5.82. The molecular formula is C7H14N2O4. The summed E-state index contributed by atoms with van der Waals surface area (Å²) in [6, 6.07) is -0.963. The van der Waals surface area contributed by atoms with Gasteiger partial charge in [0.1, 0.15) is 12.6 Å². The molecule has 0 amide bonds. The molecule has 0 fully saturated rings. The maximum absolute atomic E-state index is 10.9. The summed E-state index contributed by atoms with van der Waals surface area (Å²) in [6.45, 7) is 0.381. The van der Waals surface area contributed by atoms with Gasteiger partial charge in [0.2, 0.25) is 0 Å². The topological polar surface area (TPSA) is 105 Å². The lowest BCUT2D eigenvalue weighted by Gasteiger charge is -2.08. The SMILES string of the molecule is COC(=O)C(N)CC(=O)OCCN. The molecule has 0 aliphatic rings. The van der Waals surface area contributed by atoms with Gasteiger partial charge in [-0.15, -0.1) is 0 Å². The highest BCUT2D eigenvalue weighted by Crippen LogP contribution is 1.93. The van der Waals surface area contributed by atoms with Crippen LogP contribution in [0.5, 0.6) is 0 Å². The highest BCUT2D eigenvalue weighted by atomic mass is 16.5. The van der Waals surface area contributed by atoms with E-state index in [1.54, 1.807) is 0 Å². The molecule has 0 aromatic rings. The number of ether oxygens (including phenoxy) is 2. The van der Waals surface area contributed by atoms with Crippen LogP contribution in [0.15, 0.2) is 0 Å². The minimum atomic E-state index is -0.963. The molecule has 1 unspecified atom stereocenters. The predicted octanol–water partition coefficient (Wildman–Crippen LogP) is -1.62. The van der Waals surface area contributed by atoms with Crippen molar-refractivity contribution < 1.29 is 19.1 Å². The predicted molar refractivity (Wildman–Crippen MR) is 44.6 cm³/mol. The van der Waals surface area contributed by atoms with E-state index in [4.69, 9.17) is 11.5 Å². The summed E-state index contributed by atoms with van der Waals surface area (Å²) in [7, 11) is 1.20. The molecule has 0 rings (SSSR count). The Bertz CT molecular complexity index is 183. The van der Waals surface area contributed by atoms with Gasteiger partial charge in [0, 0.05) is 6.54 Å². The largest absolute Gasteiger partial charge is 0.468 e. The fraction of sp³-hybridized carbons (Fsp3) is 0.714. The number of carbonyl (C=O) groups excluding carboxylic acids is 2. The third-order valence-electron chi connectivity index (χ3n) is 1.27. The van der Waals surface area contributed by atoms with E-state index in [2.05, 4.69) is 9.47 Å². The molecule has 0 heterocycles. The number of rotatable bonds is 5. The van der Waals surface area contributed by atoms with E-state index in [0.717, 1.165) is 0 Å². The van der Waals surface area contributed by atoms with Crippen LogP contribution in [0.4, 0.5) is 0 Å². The van der Waals surface area contributed by atoms with Crippen molar-refractivity contribution in [3.63, 3.8) is 0 Å². The van der Waals surface area contributed by atoms with Gasteiger partial charge < -0.3 is 20.9 Å². The van der Waals surface area contributed by atoms with Crippen LogP contribution in [0, 0.1) is 0 Å². The molecular weight excluding hydrogens is 176 g/mol. The van der Waals surface area contributed by atoms with Crippen molar-refractivity contribution in [1.82, 2.24) is 0 Å². The fourth-order valence-corrected chi connectivity index (χ4v) is 0.646. The quantitative estimate of drug-likeness (QED) is 0.505. The van der Waals surface area contributed by atoms with Crippen LogP contribution in [-0.4, -0.2) is 38.2 Å². The number of nitrogens with two attached hydrogens (primary N) is 2. The summed E-state index contributed by atoms with van der Waals surface area (Å²) in [4.78, 5) is 21.6. The summed E-state index contributed by atoms with van der Waals surface area (Å²) < 4.78 is 8.93. The first-order chi connectivity index (χ1) is 6.11. The number of carbonyl (C=O) groups is 2. The van der Waals surface area contributed by atoms with E-state index >= 15 is 0 Å². The van der Waals surface area contributed by atoms with Crippen LogP contribution in [0.3, 0.4) is 0 Å². The van der Waals surface area contributed by atoms with E-state index in [-0.39, 0.29) is 19.6 Å². The average molecular weight is 190 g/mol. The fourth-order valence-electron chi connectivity index (χ4n) is 0.646. The maximum atomic E-state index is 10.9. The van der Waals surface area contributed by atoms with Crippen LogP contribution in [-0.2, 0) is 19.1 Å². The molecule has 0 saturated carbocycles. The van der Waals surface area contributed by atoms with Gasteiger partial charge in [0.05, 0.1) is 13.5 Å². The Balaban J connectivity index is 3.71. The minimum absolute atomic E-state index is 0.132. The molecule has 4 N–H and O–H groups in total. The summed E-state index contributed by atoms with van der Waals surface area (Å²) >= 11 is 0. The van der Waals surface area contributed by atoms with Gasteiger partial charge in [-0.25, -0.2) is 0 Å². The van der Waals surface area contributed by atoms with E-state index in [1.165, 1.54) is 7.11 Å². The first-order valence-corrected chi connectivity index (χ1v) is 3.81. The van der Waals surface area contributed by atoms with Crippen LogP contribution < -0.4 is 11.5 Å². The second-order valence-electron chi connectivity index (χ2n) is 2.34. The van der Waals surface area contributed by atoms with Crippen LogP contribution in [0.1, 0.15) is 6.42 Å². The van der Waals surface area contributed by atoms with Crippen molar-refractivity contribution in [2.24, 2.45) is 11.5 Å². The summed E-state index contributed by atoms with van der Waals surface area (Å²) in [5.41, 5.74) is 10.4. The molecule has 6 nitrogen and oxygen atoms in total. The van der Waals surface area contributed by atoms with Gasteiger partial charge in [0.15, 0.2) is 0 Å². The number of hydrogen-bond donors (Lipinski definition) is 2. The Hall–Kier alpha value is -1.14. The van der Waals surface area contributed by atoms with Crippen molar-refractivity contribution in [2.75, 3.05) is 20.3 Å². The Morgan fingerprint density at radius 2 is 2.08 bits per heavy atom. The van der Waals surface area contributed by atoms with Crippen molar-refractivity contribution in [3.05, 3.63) is 0 Å². The summed E-state index contributed by atoms with van der Waals surface area (Å²) in [5, 5.41) is 0. The zero-order valence-corrected chi connectivity index (χ0v) is 7.49. The molecule has 0 aliphatic carbocycles. The normalized spacial score (nSPS) is 11.9. The van der Waals surface area contributed by atoms with Crippen molar-refractivity contribution >= 4 is 11.9 Å². The zero-order valence-electron chi connectivity index (χ0n) is 7.49. The number of hydrogen-bond acceptors (Lipinski definition) is 6. The van der Waals surface area contributed by atoms with Gasteiger partial charge in [0.25, 0.3) is 0 Å². The van der Waals surface area contributed by atoms with Crippen LogP contribution >= 0.6 is 0 Å². The monoisotopic (exact) mass is 190 g/mol. The smallest absolute Gasteiger partial charge is 0.323 e. The van der Waals surface area contributed by atoms with Crippen LogP contribution in [0.25, 0.3) is 0 Å². The number of methoxy groups -OCH3 is 1. The lowest BCUT2D eigenvalue weighted by atomic mass is 10.2. The molecule has 0 aliphatic heterocycles. The van der Waals surface area contributed by atoms with Gasteiger partial charge in [-0.1, -0.05) is 0 Å². The van der Waals surface area contributed by atoms with E-state index in [0.29, 0.717) is 0 Å². The molecule has 0 bridgehead atoms. The Labute approximate surface area is 76.2 Å². The molecule has 0 aromatic carbocycles. The van der Waals surface area contributed by atoms with Crippen LogP contribution in [0.2, 0.25) is 0 Å². The molecule has 76 valence electrons. The van der Waals surface area contributed by atoms with Crippen molar-refractivity contribution in [2.45, 2.75) is 12.5 Å². The number of esters is 2. The van der Waals surface area contributed by atoms with E-state index < -0.39 is 18.0 Å². The Morgan fingerprint density at radius 3 is 2.54 bits per heavy atom. The standard InChI is InChI=1S/C7H14N2O4/c1-12-7(11)5(9)4-6(10)13-3-2-8/h5H,2-4,8-9H2,1H3. The summed E-state index contributed by atoms with van der Waals surface area (Å²) in [6.07, 6.45) is -0.188. The molecule has 0 saturated heterocycles. The molecule has 1 atom stereocenters. The second-order valence-corrected chi connectivity index (χ2v) is 2.34. The molecule has 13 heavy (non-hydrogen) atoms. The average Bonchev–Trinajstić information content (AvgIpc) is 2.13. The molecule has 6 heteroatoms. The first kappa shape index (κ1) is 11.9. The lowest BCUT2D eigenvalue weighted by Crippen LogP contribution is -2.34. The third-order valence-corrected chi connectivity index (χ3v) is 1.27. The highest BCUT2D eigenvalue weighted by Gasteiger charge is 2.18. The summed E-state index contributed by atoms with van der Waals surface area (Å²) in [5.74, 6) is -1.19. The molecule has 0 aromatic heterocycles. The third kappa shape index (κ3) is 5.15. The van der Waals surface area contributed by atoms with E-state index in [1.807, 2.05) is 0 Å². The zero-order chi connectivity index (χ0) is 10.3. The van der Waals surface area contributed by atoms with Crippen molar-refractivity contribution in [1.29, 1.82) is 0 Å². The van der Waals surface area contributed by atoms with Gasteiger partial charge >= 0.3 is 11.9 Å². The molecule has 0 spiro atoms. The lowest BCUT2D eigenvalue weighted by molar-refractivity contribution is -0.150. The molecule has 0 radical (unpaired) electrons. The van der Waals surface area contributed by atoms with Gasteiger partial charge in [-0.3, -0.25) is 9.59 Å². The first-order valence-electron chi connectivity index (χ1n) is 3.81. The van der Waals surface area contributed by atoms with Gasteiger partial charge in [-0.05, 0) is 0 Å². The maximum Gasteiger partial charge on any atom is 0.323 e. The van der Waals surface area contributed by atoms with Crippen molar-refractivity contribution in [3.8, 4) is 0 Å². The van der Waals surface area contributed by atoms with E-state index in [9.17, 15) is 9.59 Å².